The van der Waals surface area contributed by atoms with Gasteiger partial charge in [0.1, 0.15) is 0 Å². The van der Waals surface area contributed by atoms with Crippen molar-refractivity contribution in [2.45, 2.75) is 25.3 Å². The van der Waals surface area contributed by atoms with E-state index in [0.717, 1.165) is 12.6 Å². The zero-order valence-electron chi connectivity index (χ0n) is 13.3. The van der Waals surface area contributed by atoms with Gasteiger partial charge in [-0.1, -0.05) is 23.7 Å². The number of anilines is 1. The molecule has 2 aliphatic heterocycles. The summed E-state index contributed by atoms with van der Waals surface area (Å²) < 4.78 is 0. The average molecular weight is 354 g/mol. The molecule has 1 atom stereocenters. The van der Waals surface area contributed by atoms with E-state index < -0.39 is 0 Å². The van der Waals surface area contributed by atoms with Gasteiger partial charge in [-0.3, -0.25) is 4.90 Å². The van der Waals surface area contributed by atoms with Crippen molar-refractivity contribution in [3.05, 3.63) is 29.3 Å². The molecule has 6 heteroatoms. The summed E-state index contributed by atoms with van der Waals surface area (Å²) in [5.74, 6) is 3.19. The first-order chi connectivity index (χ1) is 11.2. The number of amides is 2. The minimum atomic E-state index is -0.173. The predicted molar refractivity (Wildman–Crippen MR) is 98.5 cm³/mol. The van der Waals surface area contributed by atoms with Gasteiger partial charge in [0.25, 0.3) is 0 Å². The van der Waals surface area contributed by atoms with Crippen LogP contribution in [0.2, 0.25) is 5.02 Å². The summed E-state index contributed by atoms with van der Waals surface area (Å²) in [6.45, 7) is 3.08. The second-order valence-corrected chi connectivity index (χ2v) is 7.87. The highest BCUT2D eigenvalue weighted by atomic mass is 35.5. The molecule has 0 radical (unpaired) electrons. The number of thioether (sulfide) groups is 1. The molecule has 4 nitrogen and oxygen atoms in total. The van der Waals surface area contributed by atoms with Crippen LogP contribution in [-0.4, -0.2) is 48.1 Å². The van der Waals surface area contributed by atoms with E-state index in [1.54, 1.807) is 12.1 Å². The summed E-state index contributed by atoms with van der Waals surface area (Å²) in [6.07, 6.45) is 3.69. The molecular formula is C17H24ClN3OS. The van der Waals surface area contributed by atoms with Crippen LogP contribution in [0.1, 0.15) is 19.3 Å². The normalized spacial score (nSPS) is 22.9. The number of nitrogens with one attached hydrogen (secondary N) is 2. The lowest BCUT2D eigenvalue weighted by molar-refractivity contribution is 0.143. The zero-order chi connectivity index (χ0) is 16.1. The lowest BCUT2D eigenvalue weighted by Gasteiger charge is -2.35. The van der Waals surface area contributed by atoms with Gasteiger partial charge in [-0.15, -0.1) is 0 Å². The lowest BCUT2D eigenvalue weighted by atomic mass is 9.95. The quantitative estimate of drug-likeness (QED) is 0.867. The van der Waals surface area contributed by atoms with E-state index in [-0.39, 0.29) is 6.03 Å². The van der Waals surface area contributed by atoms with Crippen LogP contribution < -0.4 is 10.6 Å². The maximum absolute atomic E-state index is 12.0. The van der Waals surface area contributed by atoms with E-state index in [0.29, 0.717) is 16.6 Å². The van der Waals surface area contributed by atoms with Gasteiger partial charge in [0, 0.05) is 18.3 Å². The van der Waals surface area contributed by atoms with Crippen LogP contribution in [-0.2, 0) is 0 Å². The lowest BCUT2D eigenvalue weighted by Crippen LogP contribution is -2.44. The number of rotatable bonds is 4. The van der Waals surface area contributed by atoms with Gasteiger partial charge in [0.05, 0.1) is 10.7 Å². The molecule has 1 aromatic carbocycles. The van der Waals surface area contributed by atoms with Crippen LogP contribution in [0.15, 0.2) is 24.3 Å². The van der Waals surface area contributed by atoms with Crippen LogP contribution in [0.25, 0.3) is 0 Å². The Bertz CT molecular complexity index is 528. The fraction of sp³-hybridized carbons (Fsp3) is 0.588. The van der Waals surface area contributed by atoms with E-state index in [1.165, 1.54) is 43.9 Å². The smallest absolute Gasteiger partial charge is 0.319 e. The molecule has 126 valence electrons. The average Bonchev–Trinajstić information content (AvgIpc) is 3.10. The van der Waals surface area contributed by atoms with Crippen molar-refractivity contribution in [1.82, 2.24) is 10.2 Å². The van der Waals surface area contributed by atoms with Gasteiger partial charge >= 0.3 is 6.03 Å². The number of piperidine rings is 1. The number of hydrogen-bond donors (Lipinski definition) is 2. The number of carbonyl (C=O) groups excluding carboxylic acids is 1. The highest BCUT2D eigenvalue weighted by Gasteiger charge is 2.27. The minimum Gasteiger partial charge on any atom is -0.338 e. The monoisotopic (exact) mass is 353 g/mol. The fourth-order valence-corrected chi connectivity index (χ4v) is 4.74. The molecule has 3 rings (SSSR count). The first kappa shape index (κ1) is 16.9. The molecule has 1 aromatic rings. The third-order valence-electron chi connectivity index (χ3n) is 4.74. The third-order valence-corrected chi connectivity index (χ3v) is 6.22. The molecule has 0 saturated carbocycles. The molecule has 0 aromatic heterocycles. The number of likely N-dealkylation sites (tertiary alicyclic amines) is 1. The van der Waals surface area contributed by atoms with Gasteiger partial charge in [0.15, 0.2) is 0 Å². The van der Waals surface area contributed by atoms with Crippen molar-refractivity contribution in [2.24, 2.45) is 5.92 Å². The Morgan fingerprint density at radius 1 is 1.26 bits per heavy atom. The van der Waals surface area contributed by atoms with Gasteiger partial charge in [-0.05, 0) is 56.2 Å². The summed E-state index contributed by atoms with van der Waals surface area (Å²) in [6, 6.07) is 7.90. The molecular weight excluding hydrogens is 330 g/mol. The van der Waals surface area contributed by atoms with Crippen LogP contribution >= 0.6 is 23.4 Å². The van der Waals surface area contributed by atoms with Crippen molar-refractivity contribution >= 4 is 35.1 Å². The molecule has 2 N–H and O–H groups in total. The summed E-state index contributed by atoms with van der Waals surface area (Å²) in [7, 11) is 0. The Balaban J connectivity index is 1.38. The van der Waals surface area contributed by atoms with Crippen LogP contribution in [0, 0.1) is 5.92 Å². The minimum absolute atomic E-state index is 0.173. The number of halogens is 1. The molecule has 2 amide bonds. The summed E-state index contributed by atoms with van der Waals surface area (Å²) in [5, 5.41) is 6.35. The highest BCUT2D eigenvalue weighted by Crippen LogP contribution is 2.26. The number of hydrogen-bond acceptors (Lipinski definition) is 3. The van der Waals surface area contributed by atoms with Crippen molar-refractivity contribution in [1.29, 1.82) is 0 Å². The Kier molecular flexibility index (Phi) is 6.08. The highest BCUT2D eigenvalue weighted by molar-refractivity contribution is 7.99. The van der Waals surface area contributed by atoms with Crippen LogP contribution in [0.3, 0.4) is 0 Å². The number of carbonyl (C=O) groups is 1. The SMILES string of the molecule is O=C(NCC1CCN([C@@H]2CCSC2)CC1)Nc1ccccc1Cl. The first-order valence-corrected chi connectivity index (χ1v) is 9.87. The maximum Gasteiger partial charge on any atom is 0.319 e. The second-order valence-electron chi connectivity index (χ2n) is 6.31. The van der Waals surface area contributed by atoms with Gasteiger partial charge in [-0.25, -0.2) is 4.79 Å². The van der Waals surface area contributed by atoms with Gasteiger partial charge in [-0.2, -0.15) is 11.8 Å². The molecule has 0 spiro atoms. The number of para-hydroxylation sites is 1. The third kappa shape index (κ3) is 4.78. The maximum atomic E-state index is 12.0. The molecule has 2 fully saturated rings. The molecule has 0 aliphatic carbocycles. The molecule has 2 saturated heterocycles. The molecule has 2 aliphatic rings. The van der Waals surface area contributed by atoms with Crippen LogP contribution in [0.5, 0.6) is 0 Å². The predicted octanol–water partition coefficient (Wildman–Crippen LogP) is 3.68. The van der Waals surface area contributed by atoms with E-state index in [2.05, 4.69) is 27.3 Å². The van der Waals surface area contributed by atoms with Crippen molar-refractivity contribution in [2.75, 3.05) is 36.5 Å². The van der Waals surface area contributed by atoms with Gasteiger partial charge in [0.2, 0.25) is 0 Å². The topological polar surface area (TPSA) is 44.4 Å². The van der Waals surface area contributed by atoms with Crippen LogP contribution in [0.4, 0.5) is 10.5 Å². The summed E-state index contributed by atoms with van der Waals surface area (Å²) in [4.78, 5) is 14.6. The summed E-state index contributed by atoms with van der Waals surface area (Å²) in [5.41, 5.74) is 0.653. The molecule has 2 heterocycles. The van der Waals surface area contributed by atoms with E-state index in [9.17, 15) is 4.79 Å². The fourth-order valence-electron chi connectivity index (χ4n) is 3.30. The molecule has 23 heavy (non-hydrogen) atoms. The Morgan fingerprint density at radius 3 is 2.74 bits per heavy atom. The van der Waals surface area contributed by atoms with E-state index >= 15 is 0 Å². The Morgan fingerprint density at radius 2 is 2.04 bits per heavy atom. The standard InChI is InChI=1S/C17H24ClN3OS/c18-15-3-1-2-4-16(15)20-17(22)19-11-13-5-8-21(9-6-13)14-7-10-23-12-14/h1-4,13-14H,5-12H2,(H2,19,20,22)/t14-/m1/s1. The summed E-state index contributed by atoms with van der Waals surface area (Å²) >= 11 is 8.12. The molecule has 0 bridgehead atoms. The van der Waals surface area contributed by atoms with Crippen molar-refractivity contribution < 1.29 is 4.79 Å². The van der Waals surface area contributed by atoms with Crippen molar-refractivity contribution in [3.8, 4) is 0 Å². The number of urea groups is 1. The van der Waals surface area contributed by atoms with Gasteiger partial charge < -0.3 is 10.6 Å². The second kappa shape index (κ2) is 8.27. The first-order valence-electron chi connectivity index (χ1n) is 8.33. The van der Waals surface area contributed by atoms with E-state index in [1.807, 2.05) is 12.1 Å². The van der Waals surface area contributed by atoms with Crippen molar-refractivity contribution in [3.63, 3.8) is 0 Å². The zero-order valence-corrected chi connectivity index (χ0v) is 14.8. The Hall–Kier alpha value is -0.910. The molecule has 0 unspecified atom stereocenters. The number of benzene rings is 1. The Labute approximate surface area is 147 Å². The van der Waals surface area contributed by atoms with E-state index in [4.69, 9.17) is 11.6 Å². The largest absolute Gasteiger partial charge is 0.338 e. The number of nitrogens with zero attached hydrogens (tertiary/aromatic N) is 1.